The second-order valence-corrected chi connectivity index (χ2v) is 6.81. The van der Waals surface area contributed by atoms with Gasteiger partial charge in [0.1, 0.15) is 0 Å². The maximum Gasteiger partial charge on any atom is 0.0353 e. The van der Waals surface area contributed by atoms with E-state index >= 15 is 0 Å². The normalized spacial score (nSPS) is 21.8. The fourth-order valence-corrected chi connectivity index (χ4v) is 3.62. The average Bonchev–Trinajstić information content (AvgIpc) is 2.35. The number of halogens is 2. The lowest BCUT2D eigenvalue weighted by molar-refractivity contribution is 0.373. The molecule has 0 amide bonds. The standard InChI is InChI=1S/C16H15Br2N/c17-12-4-3-5-13(10-12)19-14-8-11(9-14)15-6-1-2-7-16(15)18/h1-7,10-11,14,19H,8-9H2. The van der Waals surface area contributed by atoms with Crippen LogP contribution in [0.2, 0.25) is 0 Å². The van der Waals surface area contributed by atoms with Crippen LogP contribution in [0.25, 0.3) is 0 Å². The molecule has 1 fully saturated rings. The van der Waals surface area contributed by atoms with Crippen LogP contribution in [0.5, 0.6) is 0 Å². The molecule has 1 N–H and O–H groups in total. The molecule has 1 nitrogen and oxygen atoms in total. The summed E-state index contributed by atoms with van der Waals surface area (Å²) in [5.74, 6) is 0.681. The summed E-state index contributed by atoms with van der Waals surface area (Å²) in [6, 6.07) is 17.5. The van der Waals surface area contributed by atoms with Crippen molar-refractivity contribution in [2.75, 3.05) is 5.32 Å². The van der Waals surface area contributed by atoms with E-state index in [-0.39, 0.29) is 0 Å². The number of nitrogens with one attached hydrogen (secondary N) is 1. The van der Waals surface area contributed by atoms with Gasteiger partial charge >= 0.3 is 0 Å². The molecular weight excluding hydrogens is 366 g/mol. The van der Waals surface area contributed by atoms with Gasteiger partial charge in [0.05, 0.1) is 0 Å². The molecule has 0 unspecified atom stereocenters. The van der Waals surface area contributed by atoms with Gasteiger partial charge in [0.2, 0.25) is 0 Å². The molecular formula is C16H15Br2N. The molecule has 98 valence electrons. The highest BCUT2D eigenvalue weighted by Gasteiger charge is 2.31. The van der Waals surface area contributed by atoms with E-state index in [9.17, 15) is 0 Å². The molecule has 0 spiro atoms. The number of hydrogen-bond acceptors (Lipinski definition) is 1. The smallest absolute Gasteiger partial charge is 0.0353 e. The third-order valence-electron chi connectivity index (χ3n) is 3.68. The summed E-state index contributed by atoms with van der Waals surface area (Å²) in [4.78, 5) is 0. The number of hydrogen-bond donors (Lipinski definition) is 1. The van der Waals surface area contributed by atoms with Crippen molar-refractivity contribution in [3.63, 3.8) is 0 Å². The minimum atomic E-state index is 0.589. The summed E-state index contributed by atoms with van der Waals surface area (Å²) >= 11 is 7.15. The van der Waals surface area contributed by atoms with Gasteiger partial charge < -0.3 is 5.32 Å². The van der Waals surface area contributed by atoms with Gasteiger partial charge in [-0.25, -0.2) is 0 Å². The molecule has 0 saturated heterocycles. The quantitative estimate of drug-likeness (QED) is 0.733. The molecule has 3 rings (SSSR count). The average molecular weight is 381 g/mol. The van der Waals surface area contributed by atoms with Crippen LogP contribution < -0.4 is 5.32 Å². The van der Waals surface area contributed by atoms with Gasteiger partial charge in [0.15, 0.2) is 0 Å². The van der Waals surface area contributed by atoms with Gasteiger partial charge in [-0.15, -0.1) is 0 Å². The van der Waals surface area contributed by atoms with Crippen molar-refractivity contribution < 1.29 is 0 Å². The van der Waals surface area contributed by atoms with Crippen LogP contribution in [0.1, 0.15) is 24.3 Å². The van der Waals surface area contributed by atoms with Crippen LogP contribution >= 0.6 is 31.9 Å². The predicted octanol–water partition coefficient (Wildman–Crippen LogP) is 5.57. The molecule has 0 atom stereocenters. The van der Waals surface area contributed by atoms with Gasteiger partial charge in [-0.05, 0) is 48.6 Å². The highest BCUT2D eigenvalue weighted by molar-refractivity contribution is 9.10. The molecule has 1 aliphatic carbocycles. The molecule has 0 aromatic heterocycles. The Morgan fingerprint density at radius 1 is 0.947 bits per heavy atom. The fourth-order valence-electron chi connectivity index (χ4n) is 2.61. The van der Waals surface area contributed by atoms with E-state index in [0.717, 1.165) is 4.47 Å². The molecule has 2 aromatic carbocycles. The first-order valence-electron chi connectivity index (χ1n) is 6.49. The SMILES string of the molecule is Brc1cccc(NC2CC(c3ccccc3Br)C2)c1. The summed E-state index contributed by atoms with van der Waals surface area (Å²) in [5.41, 5.74) is 2.64. The summed E-state index contributed by atoms with van der Waals surface area (Å²) in [6.07, 6.45) is 2.41. The van der Waals surface area contributed by atoms with Crippen molar-refractivity contribution in [2.45, 2.75) is 24.8 Å². The third-order valence-corrected chi connectivity index (χ3v) is 4.89. The zero-order valence-electron chi connectivity index (χ0n) is 10.4. The Morgan fingerprint density at radius 3 is 2.47 bits per heavy atom. The van der Waals surface area contributed by atoms with Crippen LogP contribution in [0, 0.1) is 0 Å². The summed E-state index contributed by atoms with van der Waals surface area (Å²) in [7, 11) is 0. The minimum absolute atomic E-state index is 0.589. The second kappa shape index (κ2) is 5.68. The lowest BCUT2D eigenvalue weighted by Crippen LogP contribution is -2.34. The van der Waals surface area contributed by atoms with Gasteiger partial charge in [0.25, 0.3) is 0 Å². The Kier molecular flexibility index (Phi) is 3.94. The Balaban J connectivity index is 1.60. The van der Waals surface area contributed by atoms with E-state index in [0.29, 0.717) is 12.0 Å². The zero-order valence-corrected chi connectivity index (χ0v) is 13.6. The van der Waals surface area contributed by atoms with Crippen molar-refractivity contribution in [3.05, 3.63) is 63.0 Å². The molecule has 0 aliphatic heterocycles. The summed E-state index contributed by atoms with van der Waals surface area (Å²) in [6.45, 7) is 0. The third kappa shape index (κ3) is 3.03. The Morgan fingerprint density at radius 2 is 1.74 bits per heavy atom. The summed E-state index contributed by atoms with van der Waals surface area (Å²) < 4.78 is 2.36. The highest BCUT2D eigenvalue weighted by atomic mass is 79.9. The van der Waals surface area contributed by atoms with Gasteiger partial charge in [-0.1, -0.05) is 56.1 Å². The molecule has 0 radical (unpaired) electrons. The molecule has 1 aliphatic rings. The van der Waals surface area contributed by atoms with Crippen molar-refractivity contribution in [3.8, 4) is 0 Å². The van der Waals surface area contributed by atoms with E-state index in [1.165, 1.54) is 28.6 Å². The highest BCUT2D eigenvalue weighted by Crippen LogP contribution is 2.41. The maximum absolute atomic E-state index is 3.64. The van der Waals surface area contributed by atoms with E-state index in [1.54, 1.807) is 0 Å². The van der Waals surface area contributed by atoms with Crippen molar-refractivity contribution in [1.82, 2.24) is 0 Å². The van der Waals surface area contributed by atoms with Crippen molar-refractivity contribution in [1.29, 1.82) is 0 Å². The molecule has 1 saturated carbocycles. The van der Waals surface area contributed by atoms with E-state index in [2.05, 4.69) is 85.7 Å². The Labute approximate surface area is 130 Å². The van der Waals surface area contributed by atoms with Crippen LogP contribution in [0.3, 0.4) is 0 Å². The van der Waals surface area contributed by atoms with Gasteiger partial charge in [-0.2, -0.15) is 0 Å². The molecule has 19 heavy (non-hydrogen) atoms. The Hall–Kier alpha value is -0.800. The van der Waals surface area contributed by atoms with E-state index < -0.39 is 0 Å². The first-order chi connectivity index (χ1) is 9.22. The maximum atomic E-state index is 3.64. The first kappa shape index (κ1) is 13.2. The number of benzene rings is 2. The molecule has 2 aromatic rings. The zero-order chi connectivity index (χ0) is 13.2. The van der Waals surface area contributed by atoms with E-state index in [1.807, 2.05) is 0 Å². The lowest BCUT2D eigenvalue weighted by Gasteiger charge is -2.37. The van der Waals surface area contributed by atoms with Gasteiger partial charge in [-0.3, -0.25) is 0 Å². The number of anilines is 1. The summed E-state index contributed by atoms with van der Waals surface area (Å²) in [5, 5.41) is 3.59. The predicted molar refractivity (Wildman–Crippen MR) is 87.7 cm³/mol. The van der Waals surface area contributed by atoms with Gasteiger partial charge in [0, 0.05) is 20.7 Å². The van der Waals surface area contributed by atoms with E-state index in [4.69, 9.17) is 0 Å². The number of rotatable bonds is 3. The first-order valence-corrected chi connectivity index (χ1v) is 8.07. The van der Waals surface area contributed by atoms with Crippen molar-refractivity contribution >= 4 is 37.5 Å². The van der Waals surface area contributed by atoms with Crippen LogP contribution in [0.15, 0.2) is 57.5 Å². The van der Waals surface area contributed by atoms with Crippen LogP contribution in [-0.2, 0) is 0 Å². The molecule has 0 heterocycles. The molecule has 3 heteroatoms. The molecule has 0 bridgehead atoms. The monoisotopic (exact) mass is 379 g/mol. The minimum Gasteiger partial charge on any atom is -0.382 e. The largest absolute Gasteiger partial charge is 0.382 e. The van der Waals surface area contributed by atoms with Crippen molar-refractivity contribution in [2.24, 2.45) is 0 Å². The lowest BCUT2D eigenvalue weighted by atomic mass is 9.76. The topological polar surface area (TPSA) is 12.0 Å². The Bertz CT molecular complexity index is 576. The second-order valence-electron chi connectivity index (χ2n) is 5.04. The fraction of sp³-hybridized carbons (Fsp3) is 0.250. The van der Waals surface area contributed by atoms with Crippen LogP contribution in [-0.4, -0.2) is 6.04 Å². The van der Waals surface area contributed by atoms with Crippen LogP contribution in [0.4, 0.5) is 5.69 Å².